The Morgan fingerprint density at radius 2 is 1.84 bits per heavy atom. The van der Waals surface area contributed by atoms with E-state index in [9.17, 15) is 18.0 Å². The molecule has 0 aromatic carbocycles. The Hall–Kier alpha value is -0.820. The average molecular weight is 283 g/mol. The highest BCUT2D eigenvalue weighted by Gasteiger charge is 2.26. The molecule has 0 bridgehead atoms. The molecule has 0 rings (SSSR count). The zero-order valence-corrected chi connectivity index (χ0v) is 12.0. The first-order valence-corrected chi connectivity index (χ1v) is 6.31. The van der Waals surface area contributed by atoms with Crippen molar-refractivity contribution in [2.24, 2.45) is 5.92 Å². The fourth-order valence-electron chi connectivity index (χ4n) is 1.79. The molecule has 114 valence electrons. The van der Waals surface area contributed by atoms with Crippen molar-refractivity contribution in [2.75, 3.05) is 33.7 Å². The first-order valence-electron chi connectivity index (χ1n) is 6.31. The molecule has 1 unspecified atom stereocenters. The van der Waals surface area contributed by atoms with E-state index in [0.717, 1.165) is 6.42 Å². The lowest BCUT2D eigenvalue weighted by Gasteiger charge is -2.24. The maximum Gasteiger partial charge on any atom is 0.401 e. The second kappa shape index (κ2) is 8.37. The Bertz CT molecular complexity index is 257. The smallest absolute Gasteiger partial charge is 0.351 e. The molecule has 7 heteroatoms. The lowest BCUT2D eigenvalue weighted by atomic mass is 10.0. The van der Waals surface area contributed by atoms with Crippen LogP contribution in [0.5, 0.6) is 0 Å². The van der Waals surface area contributed by atoms with Crippen LogP contribution in [0.4, 0.5) is 13.2 Å². The molecular weight excluding hydrogens is 259 g/mol. The van der Waals surface area contributed by atoms with E-state index in [-0.39, 0.29) is 12.6 Å². The van der Waals surface area contributed by atoms with Crippen molar-refractivity contribution in [3.63, 3.8) is 0 Å². The zero-order valence-electron chi connectivity index (χ0n) is 12.0. The van der Waals surface area contributed by atoms with Crippen molar-refractivity contribution in [3.05, 3.63) is 0 Å². The van der Waals surface area contributed by atoms with Crippen LogP contribution in [-0.2, 0) is 4.79 Å². The molecule has 0 fully saturated rings. The molecule has 2 N–H and O–H groups in total. The summed E-state index contributed by atoms with van der Waals surface area (Å²) in [7, 11) is 3.78. The maximum absolute atomic E-state index is 11.9. The van der Waals surface area contributed by atoms with Gasteiger partial charge in [-0.25, -0.2) is 0 Å². The van der Waals surface area contributed by atoms with Crippen LogP contribution in [-0.4, -0.2) is 56.8 Å². The lowest BCUT2D eigenvalue weighted by molar-refractivity contribution is -0.128. The van der Waals surface area contributed by atoms with Gasteiger partial charge in [0.1, 0.15) is 0 Å². The summed E-state index contributed by atoms with van der Waals surface area (Å²) in [6.07, 6.45) is -3.50. The van der Waals surface area contributed by atoms with Crippen molar-refractivity contribution >= 4 is 5.91 Å². The van der Waals surface area contributed by atoms with E-state index in [2.05, 4.69) is 10.6 Å². The van der Waals surface area contributed by atoms with Crippen molar-refractivity contribution in [2.45, 2.75) is 32.5 Å². The molecule has 0 heterocycles. The van der Waals surface area contributed by atoms with Gasteiger partial charge in [0.2, 0.25) is 5.91 Å². The summed E-state index contributed by atoms with van der Waals surface area (Å²) in [4.78, 5) is 13.5. The minimum atomic E-state index is -4.29. The number of amides is 1. The van der Waals surface area contributed by atoms with Crippen LogP contribution in [0.3, 0.4) is 0 Å². The third-order valence-corrected chi connectivity index (χ3v) is 2.32. The Kier molecular flexibility index (Phi) is 8.01. The normalized spacial score (nSPS) is 13.9. The van der Waals surface area contributed by atoms with Gasteiger partial charge in [0.05, 0.1) is 13.1 Å². The van der Waals surface area contributed by atoms with E-state index in [1.54, 1.807) is 0 Å². The highest BCUT2D eigenvalue weighted by atomic mass is 19.4. The summed E-state index contributed by atoms with van der Waals surface area (Å²) >= 11 is 0. The standard InChI is InChI=1S/C12H24F3N3O/c1-9(2)5-10(7-18(3)4)17-11(19)6-16-8-12(13,14)15/h9-10,16H,5-8H2,1-4H3,(H,17,19). The van der Waals surface area contributed by atoms with Crippen LogP contribution in [0, 0.1) is 5.92 Å². The quantitative estimate of drug-likeness (QED) is 0.704. The number of hydrogen-bond acceptors (Lipinski definition) is 3. The second-order valence-electron chi connectivity index (χ2n) is 5.37. The molecule has 0 aliphatic carbocycles. The van der Waals surface area contributed by atoms with Gasteiger partial charge in [-0.05, 0) is 26.4 Å². The molecule has 1 amide bonds. The molecule has 0 aliphatic heterocycles. The third-order valence-electron chi connectivity index (χ3n) is 2.32. The van der Waals surface area contributed by atoms with E-state index in [0.29, 0.717) is 12.5 Å². The molecule has 1 atom stereocenters. The van der Waals surface area contributed by atoms with Gasteiger partial charge in [-0.15, -0.1) is 0 Å². The van der Waals surface area contributed by atoms with Crippen molar-refractivity contribution in [3.8, 4) is 0 Å². The number of halogens is 3. The predicted octanol–water partition coefficient (Wildman–Crippen LogP) is 1.23. The Labute approximate surface area is 112 Å². The van der Waals surface area contributed by atoms with Gasteiger partial charge in [0.25, 0.3) is 0 Å². The van der Waals surface area contributed by atoms with Crippen LogP contribution in [0.1, 0.15) is 20.3 Å². The van der Waals surface area contributed by atoms with E-state index < -0.39 is 18.6 Å². The number of carbonyl (C=O) groups is 1. The van der Waals surface area contributed by atoms with Gasteiger partial charge in [-0.1, -0.05) is 13.8 Å². The monoisotopic (exact) mass is 283 g/mol. The summed E-state index contributed by atoms with van der Waals surface area (Å²) in [5, 5.41) is 4.84. The molecule has 0 aromatic rings. The van der Waals surface area contributed by atoms with Crippen molar-refractivity contribution in [1.29, 1.82) is 0 Å². The van der Waals surface area contributed by atoms with E-state index in [4.69, 9.17) is 0 Å². The van der Waals surface area contributed by atoms with Crippen LogP contribution < -0.4 is 10.6 Å². The Morgan fingerprint density at radius 3 is 2.26 bits per heavy atom. The maximum atomic E-state index is 11.9. The minimum absolute atomic E-state index is 0.0461. The van der Waals surface area contributed by atoms with Gasteiger partial charge in [-0.3, -0.25) is 4.79 Å². The molecule has 19 heavy (non-hydrogen) atoms. The fourth-order valence-corrected chi connectivity index (χ4v) is 1.79. The lowest BCUT2D eigenvalue weighted by Crippen LogP contribution is -2.46. The average Bonchev–Trinajstić information content (AvgIpc) is 2.12. The number of carbonyl (C=O) groups excluding carboxylic acids is 1. The SMILES string of the molecule is CC(C)CC(CN(C)C)NC(=O)CNCC(F)(F)F. The number of likely N-dealkylation sites (N-methyl/N-ethyl adjacent to an activating group) is 1. The van der Waals surface area contributed by atoms with Crippen LogP contribution in [0.15, 0.2) is 0 Å². The largest absolute Gasteiger partial charge is 0.401 e. The summed E-state index contributed by atoms with van der Waals surface area (Å²) in [5.74, 6) is 0.00475. The van der Waals surface area contributed by atoms with E-state index in [1.165, 1.54) is 0 Å². The molecular formula is C12H24F3N3O. The molecule has 0 saturated carbocycles. The van der Waals surface area contributed by atoms with E-state index >= 15 is 0 Å². The Morgan fingerprint density at radius 1 is 1.26 bits per heavy atom. The molecule has 0 spiro atoms. The minimum Gasteiger partial charge on any atom is -0.351 e. The molecule has 0 saturated heterocycles. The van der Waals surface area contributed by atoms with Crippen molar-refractivity contribution in [1.82, 2.24) is 15.5 Å². The van der Waals surface area contributed by atoms with Crippen LogP contribution in [0.2, 0.25) is 0 Å². The van der Waals surface area contributed by atoms with Crippen LogP contribution >= 0.6 is 0 Å². The van der Waals surface area contributed by atoms with Gasteiger partial charge < -0.3 is 15.5 Å². The first-order chi connectivity index (χ1) is 8.60. The van der Waals surface area contributed by atoms with Gasteiger partial charge in [0.15, 0.2) is 0 Å². The topological polar surface area (TPSA) is 44.4 Å². The van der Waals surface area contributed by atoms with Crippen molar-refractivity contribution < 1.29 is 18.0 Å². The molecule has 0 radical (unpaired) electrons. The van der Waals surface area contributed by atoms with Gasteiger partial charge in [-0.2, -0.15) is 13.2 Å². The Balaban J connectivity index is 4.08. The summed E-state index contributed by atoms with van der Waals surface area (Å²) in [6.45, 7) is 3.28. The number of alkyl halides is 3. The molecule has 0 aliphatic rings. The second-order valence-corrected chi connectivity index (χ2v) is 5.37. The highest BCUT2D eigenvalue weighted by molar-refractivity contribution is 5.78. The zero-order chi connectivity index (χ0) is 15.1. The van der Waals surface area contributed by atoms with Gasteiger partial charge >= 0.3 is 6.18 Å². The summed E-state index contributed by atoms with van der Waals surface area (Å²) in [6, 6.07) is -0.0461. The first kappa shape index (κ1) is 18.2. The van der Waals surface area contributed by atoms with E-state index in [1.807, 2.05) is 32.8 Å². The number of nitrogens with zero attached hydrogens (tertiary/aromatic N) is 1. The fraction of sp³-hybridized carbons (Fsp3) is 0.917. The number of nitrogens with one attached hydrogen (secondary N) is 2. The molecule has 4 nitrogen and oxygen atoms in total. The third kappa shape index (κ3) is 12.0. The number of hydrogen-bond donors (Lipinski definition) is 2. The predicted molar refractivity (Wildman–Crippen MR) is 68.9 cm³/mol. The van der Waals surface area contributed by atoms with Crippen LogP contribution in [0.25, 0.3) is 0 Å². The highest BCUT2D eigenvalue weighted by Crippen LogP contribution is 2.11. The summed E-state index contributed by atoms with van der Waals surface area (Å²) < 4.78 is 35.7. The number of rotatable bonds is 8. The summed E-state index contributed by atoms with van der Waals surface area (Å²) in [5.41, 5.74) is 0. The molecule has 0 aromatic heterocycles. The van der Waals surface area contributed by atoms with Gasteiger partial charge in [0, 0.05) is 12.6 Å².